The van der Waals surface area contributed by atoms with Crippen LogP contribution in [-0.4, -0.2) is 46.7 Å². The third kappa shape index (κ3) is 11.8. The first-order chi connectivity index (χ1) is 13.6. The van der Waals surface area contributed by atoms with Crippen LogP contribution >= 0.6 is 23.5 Å². The van der Waals surface area contributed by atoms with Gasteiger partial charge in [-0.2, -0.15) is 0 Å². The minimum absolute atomic E-state index is 0. The number of phosphoric ester groups is 1. The summed E-state index contributed by atoms with van der Waals surface area (Å²) >= 11 is 0. The summed E-state index contributed by atoms with van der Waals surface area (Å²) in [5.74, 6) is 0. The predicted molar refractivity (Wildman–Crippen MR) is 83.0 cm³/mol. The SMILES string of the molecule is CO[C@@H]1[C@H](O)[C@@H](COP(=O)([O-])OP(=O)([O-])OP(=O)([O-])[O-])O[C@H]1n1ccc(=O)[nH]c1=O.[Li+].[Li+].[Li+].[Li+]. The third-order valence-electron chi connectivity index (χ3n) is 3.51. The van der Waals surface area contributed by atoms with Crippen molar-refractivity contribution in [3.8, 4) is 0 Å². The summed E-state index contributed by atoms with van der Waals surface area (Å²) < 4.78 is 54.7. The molecular formula is C10H13Li4N2O15P3. The Balaban J connectivity index is -0.00000240. The summed E-state index contributed by atoms with van der Waals surface area (Å²) in [7, 11) is -17.0. The third-order valence-corrected chi connectivity index (χ3v) is 7.17. The number of nitrogens with zero attached hydrogens (tertiary/aromatic N) is 1. The standard InChI is InChI=1S/C10H17N2O15P3.4Li/c1-23-8-7(14)5(25-9(8)12-3-2-6(13)11-10(12)15)4-24-29(19,20)27-30(21,22)26-28(16,17)18;;;;/h2-3,5,7-9,14H,4H2,1H3,(H,19,20)(H,21,22)(H,11,13,15)(H2,16,17,18);;;;/q;4*+1/p-4/t5-,7-,8-,9-;;;;/m1..../s1. The number of hydrogen-bond donors (Lipinski definition) is 2. The van der Waals surface area contributed by atoms with Gasteiger partial charge in [0.15, 0.2) is 6.23 Å². The number of phosphoric acid groups is 3. The first kappa shape index (κ1) is 39.9. The number of rotatable bonds is 9. The molecule has 24 heteroatoms. The minimum Gasteiger partial charge on any atom is -0.790 e. The number of aromatic amines is 1. The van der Waals surface area contributed by atoms with E-state index in [0.29, 0.717) is 0 Å². The molecule has 0 saturated carbocycles. The van der Waals surface area contributed by atoms with Crippen molar-refractivity contribution in [2.24, 2.45) is 0 Å². The number of H-pyrrole nitrogens is 1. The summed E-state index contributed by atoms with van der Waals surface area (Å²) in [6, 6.07) is 0.962. The topological polar surface area (TPSA) is 265 Å². The molecule has 0 aromatic carbocycles. The van der Waals surface area contributed by atoms with Gasteiger partial charge in [0.05, 0.1) is 14.4 Å². The Kier molecular flexibility index (Phi) is 18.4. The van der Waals surface area contributed by atoms with Crippen molar-refractivity contribution in [3.63, 3.8) is 0 Å². The molecule has 1 fully saturated rings. The van der Waals surface area contributed by atoms with Crippen LogP contribution in [0.4, 0.5) is 0 Å². The average molecular weight is 522 g/mol. The minimum atomic E-state index is -6.15. The Morgan fingerprint density at radius 2 is 1.62 bits per heavy atom. The van der Waals surface area contributed by atoms with Crippen molar-refractivity contribution < 1.29 is 136 Å². The van der Waals surface area contributed by atoms with E-state index in [2.05, 4.69) is 13.1 Å². The molecule has 0 aliphatic carbocycles. The molecule has 1 aromatic rings. The van der Waals surface area contributed by atoms with Gasteiger partial charge in [-0.3, -0.25) is 27.8 Å². The van der Waals surface area contributed by atoms with Gasteiger partial charge in [0, 0.05) is 19.4 Å². The van der Waals surface area contributed by atoms with E-state index in [0.717, 1.165) is 23.9 Å². The van der Waals surface area contributed by atoms with Crippen molar-refractivity contribution in [1.82, 2.24) is 9.55 Å². The number of hydrogen-bond acceptors (Lipinski definition) is 15. The van der Waals surface area contributed by atoms with E-state index < -0.39 is 65.9 Å². The average Bonchev–Trinajstić information content (AvgIpc) is 2.85. The van der Waals surface area contributed by atoms with Crippen LogP contribution in [0.1, 0.15) is 6.23 Å². The van der Waals surface area contributed by atoms with Gasteiger partial charge in [-0.05, 0) is 0 Å². The molecule has 0 amide bonds. The van der Waals surface area contributed by atoms with Crippen LogP contribution in [0.15, 0.2) is 21.9 Å². The van der Waals surface area contributed by atoms with E-state index in [1.807, 2.05) is 4.98 Å². The zero-order chi connectivity index (χ0) is 22.9. The maximum atomic E-state index is 11.9. The van der Waals surface area contributed by atoms with Crippen molar-refractivity contribution >= 4 is 23.5 Å². The molecule has 1 aliphatic heterocycles. The van der Waals surface area contributed by atoms with E-state index >= 15 is 0 Å². The van der Waals surface area contributed by atoms with Crippen molar-refractivity contribution in [2.45, 2.75) is 24.5 Å². The molecule has 172 valence electrons. The van der Waals surface area contributed by atoms with E-state index in [1.54, 1.807) is 0 Å². The zero-order valence-corrected chi connectivity index (χ0v) is 21.3. The first-order valence-corrected chi connectivity index (χ1v) is 11.9. The Labute approximate surface area is 239 Å². The molecule has 1 saturated heterocycles. The van der Waals surface area contributed by atoms with Crippen LogP contribution in [0.25, 0.3) is 0 Å². The maximum absolute atomic E-state index is 11.9. The summed E-state index contributed by atoms with van der Waals surface area (Å²) in [5, 5.41) is 10.2. The largest absolute Gasteiger partial charge is 1.00 e. The van der Waals surface area contributed by atoms with Crippen LogP contribution in [-0.2, 0) is 36.3 Å². The number of aliphatic hydroxyl groups is 1. The van der Waals surface area contributed by atoms with Gasteiger partial charge in [0.2, 0.25) is 0 Å². The molecule has 34 heavy (non-hydrogen) atoms. The summed E-state index contributed by atoms with van der Waals surface area (Å²) in [6.45, 7) is -1.08. The quantitative estimate of drug-likeness (QED) is 0.225. The number of methoxy groups -OCH3 is 1. The van der Waals surface area contributed by atoms with Crippen molar-refractivity contribution in [3.05, 3.63) is 33.1 Å². The van der Waals surface area contributed by atoms with Crippen LogP contribution in [0.2, 0.25) is 0 Å². The molecule has 2 unspecified atom stereocenters. The van der Waals surface area contributed by atoms with Gasteiger partial charge < -0.3 is 43.2 Å². The molecule has 2 rings (SSSR count). The van der Waals surface area contributed by atoms with Crippen LogP contribution in [0.5, 0.6) is 0 Å². The zero-order valence-electron chi connectivity index (χ0n) is 18.6. The molecular weight excluding hydrogens is 509 g/mol. The Morgan fingerprint density at radius 3 is 2.09 bits per heavy atom. The smallest absolute Gasteiger partial charge is 0.790 e. The van der Waals surface area contributed by atoms with Gasteiger partial charge in [-0.25, -0.2) is 9.11 Å². The van der Waals surface area contributed by atoms with Crippen molar-refractivity contribution in [1.29, 1.82) is 0 Å². The molecule has 2 heterocycles. The normalized spacial score (nSPS) is 25.4. The van der Waals surface area contributed by atoms with Crippen LogP contribution in [0, 0.1) is 0 Å². The fraction of sp³-hybridized carbons (Fsp3) is 0.600. The maximum Gasteiger partial charge on any atom is 1.00 e. The Morgan fingerprint density at radius 1 is 1.06 bits per heavy atom. The van der Waals surface area contributed by atoms with E-state index in [4.69, 9.17) is 9.47 Å². The second-order valence-electron chi connectivity index (χ2n) is 5.57. The van der Waals surface area contributed by atoms with Crippen LogP contribution in [0.3, 0.4) is 0 Å². The number of aromatic nitrogens is 2. The molecule has 1 aromatic heterocycles. The Bertz CT molecular complexity index is 1030. The van der Waals surface area contributed by atoms with Gasteiger partial charge in [-0.15, -0.1) is 0 Å². The molecule has 1 aliphatic rings. The Hall–Kier alpha value is 1.36. The fourth-order valence-corrected chi connectivity index (χ4v) is 5.28. The summed E-state index contributed by atoms with van der Waals surface area (Å²) in [4.78, 5) is 68.2. The molecule has 0 spiro atoms. The number of ether oxygens (including phenoxy) is 2. The van der Waals surface area contributed by atoms with Gasteiger partial charge in [-0.1, -0.05) is 0 Å². The van der Waals surface area contributed by atoms with E-state index in [1.165, 1.54) is 0 Å². The number of aliphatic hydroxyl groups excluding tert-OH is 1. The molecule has 6 atom stereocenters. The molecule has 2 N–H and O–H groups in total. The second kappa shape index (κ2) is 15.7. The number of nitrogens with one attached hydrogen (secondary N) is 1. The predicted octanol–water partition coefficient (Wildman–Crippen LogP) is -16.4. The van der Waals surface area contributed by atoms with Crippen LogP contribution < -0.4 is 106 Å². The first-order valence-electron chi connectivity index (χ1n) is 7.53. The summed E-state index contributed by atoms with van der Waals surface area (Å²) in [5.41, 5.74) is -1.66. The van der Waals surface area contributed by atoms with Gasteiger partial charge in [0.25, 0.3) is 21.2 Å². The second-order valence-corrected chi connectivity index (χ2v) is 9.82. The summed E-state index contributed by atoms with van der Waals surface area (Å²) in [6.07, 6.45) is -4.73. The van der Waals surface area contributed by atoms with E-state index in [-0.39, 0.29) is 75.4 Å². The van der Waals surface area contributed by atoms with Crippen molar-refractivity contribution in [2.75, 3.05) is 13.7 Å². The molecule has 0 radical (unpaired) electrons. The van der Waals surface area contributed by atoms with Gasteiger partial charge >= 0.3 is 81.1 Å². The molecule has 17 nitrogen and oxygen atoms in total. The molecule has 0 bridgehead atoms. The monoisotopic (exact) mass is 522 g/mol. The van der Waals surface area contributed by atoms with E-state index in [9.17, 15) is 48.0 Å². The fourth-order valence-electron chi connectivity index (χ4n) is 2.41. The van der Waals surface area contributed by atoms with Gasteiger partial charge in [0.1, 0.15) is 18.3 Å².